The molecule has 0 aromatic carbocycles. The van der Waals surface area contributed by atoms with Crippen molar-refractivity contribution < 1.29 is 8.88 Å². The Balaban J connectivity index is 4.07. The second-order valence-corrected chi connectivity index (χ2v) is 4.80. The highest BCUT2D eigenvalue weighted by molar-refractivity contribution is 7.67. The van der Waals surface area contributed by atoms with Gasteiger partial charge in [-0.3, -0.25) is 20.7 Å². The van der Waals surface area contributed by atoms with Gasteiger partial charge in [0.15, 0.2) is 0 Å². The van der Waals surface area contributed by atoms with Crippen LogP contribution < -0.4 is 22.0 Å². The first-order valence-electron chi connectivity index (χ1n) is 1.80. The third-order valence-corrected chi connectivity index (χ3v) is 2.36. The predicted molar refractivity (Wildman–Crippen MR) is 35.1 cm³/mol. The highest BCUT2D eigenvalue weighted by Gasteiger charge is 2.16. The van der Waals surface area contributed by atoms with E-state index in [1.807, 2.05) is 0 Å². The van der Waals surface area contributed by atoms with Crippen molar-refractivity contribution in [2.75, 3.05) is 0 Å². The van der Waals surface area contributed by atoms with E-state index in [1.165, 1.54) is 0 Å². The largest absolute Gasteiger partial charge is 0.341 e. The number of hydrogen-bond donors (Lipinski definition) is 5. The third kappa shape index (κ3) is 8.26. The Bertz CT molecular complexity index is 153. The van der Waals surface area contributed by atoms with E-state index in [0.29, 0.717) is 0 Å². The number of nitrogens with two attached hydrogens (primary N) is 4. The highest BCUT2D eigenvalue weighted by Crippen LogP contribution is 2.44. The normalized spacial score (nSPS) is 13.8. The van der Waals surface area contributed by atoms with Crippen molar-refractivity contribution in [2.45, 2.75) is 0 Å². The zero-order valence-electron chi connectivity index (χ0n) is 4.52. The molecule has 9 heteroatoms. The summed E-state index contributed by atoms with van der Waals surface area (Å²) in [5, 5.41) is 6.70. The molecule has 0 aromatic rings. The maximum absolute atomic E-state index is 10.3. The maximum atomic E-state index is 10.3. The number of hydrogen-bond acceptors (Lipinski definition) is 3. The zero-order chi connectivity index (χ0) is 7.71. The van der Waals surface area contributed by atoms with Gasteiger partial charge in [0.25, 0.3) is 0 Å². The minimum Gasteiger partial charge on any atom is -0.267 e. The van der Waals surface area contributed by atoms with Gasteiger partial charge in [0, 0.05) is 0 Å². The van der Waals surface area contributed by atoms with Crippen LogP contribution >= 0.6 is 15.3 Å². The SMILES string of the molecule is N=P(N)(N)OP(N)(N)=O. The molecule has 0 saturated carbocycles. The van der Waals surface area contributed by atoms with E-state index in [9.17, 15) is 4.57 Å². The Hall–Kier alpha value is 0.260. The molecule has 56 valence electrons. The van der Waals surface area contributed by atoms with Crippen LogP contribution in [0.5, 0.6) is 0 Å². The summed E-state index contributed by atoms with van der Waals surface area (Å²) in [6.07, 6.45) is 0. The molecule has 0 heterocycles. The standard InChI is InChI=1S/H9N5O2P2/c1-8(2,3)7-9(4,5)6/h(H5,1,2,3)(H4,4,5,6). The fourth-order valence-corrected chi connectivity index (χ4v) is 1.90. The minimum atomic E-state index is -3.68. The quantitative estimate of drug-likeness (QED) is 0.353. The molecule has 0 aliphatic carbocycles. The Kier molecular flexibility index (Phi) is 2.55. The molecule has 0 amide bonds. The zero-order valence-corrected chi connectivity index (χ0v) is 6.31. The summed E-state index contributed by atoms with van der Waals surface area (Å²) >= 11 is 0. The van der Waals surface area contributed by atoms with Crippen molar-refractivity contribution in [3.8, 4) is 0 Å². The van der Waals surface area contributed by atoms with Gasteiger partial charge in [0.05, 0.1) is 0 Å². The molecule has 9 N–H and O–H groups in total. The summed E-state index contributed by atoms with van der Waals surface area (Å²) < 4.78 is 14.4. The van der Waals surface area contributed by atoms with Crippen LogP contribution in [-0.4, -0.2) is 0 Å². The topological polar surface area (TPSA) is 154 Å². The fourth-order valence-electron chi connectivity index (χ4n) is 0.211. The predicted octanol–water partition coefficient (Wildman–Crippen LogP) is -0.529. The van der Waals surface area contributed by atoms with Crippen LogP contribution in [0.2, 0.25) is 0 Å². The summed E-state index contributed by atoms with van der Waals surface area (Å²) in [5.41, 5.74) is 19.0. The van der Waals surface area contributed by atoms with Crippen molar-refractivity contribution in [2.24, 2.45) is 22.0 Å². The van der Waals surface area contributed by atoms with Gasteiger partial charge in [-0.25, -0.2) is 15.3 Å². The first-order valence-corrected chi connectivity index (χ1v) is 5.41. The molecule has 0 rings (SSSR count). The Morgan fingerprint density at radius 2 is 1.56 bits per heavy atom. The molecule has 0 fully saturated rings. The first kappa shape index (κ1) is 9.26. The Labute approximate surface area is 52.3 Å². The number of rotatable bonds is 2. The van der Waals surface area contributed by atoms with Gasteiger partial charge in [0.2, 0.25) is 7.58 Å². The van der Waals surface area contributed by atoms with Crippen LogP contribution in [0.4, 0.5) is 0 Å². The monoisotopic (exact) mass is 173 g/mol. The molecular formula is H9N5O2P2. The Morgan fingerprint density at radius 3 is 1.56 bits per heavy atom. The average molecular weight is 173 g/mol. The van der Waals surface area contributed by atoms with E-state index < -0.39 is 15.3 Å². The van der Waals surface area contributed by atoms with Gasteiger partial charge in [-0.1, -0.05) is 0 Å². The molecule has 0 saturated heterocycles. The minimum absolute atomic E-state index is 3.30. The van der Waals surface area contributed by atoms with E-state index >= 15 is 0 Å². The lowest BCUT2D eigenvalue weighted by Gasteiger charge is -2.12. The molecule has 9 heavy (non-hydrogen) atoms. The van der Waals surface area contributed by atoms with Gasteiger partial charge in [-0.2, -0.15) is 0 Å². The summed E-state index contributed by atoms with van der Waals surface area (Å²) in [6.45, 7) is 0. The third-order valence-electron chi connectivity index (χ3n) is 0.263. The van der Waals surface area contributed by atoms with Crippen LogP contribution in [0.1, 0.15) is 0 Å². The van der Waals surface area contributed by atoms with Crippen LogP contribution in [-0.2, 0) is 8.88 Å². The summed E-state index contributed by atoms with van der Waals surface area (Å²) in [5.74, 6) is 0. The van der Waals surface area contributed by atoms with Crippen LogP contribution in [0.3, 0.4) is 0 Å². The van der Waals surface area contributed by atoms with Crippen LogP contribution in [0.15, 0.2) is 0 Å². The molecule has 0 aliphatic heterocycles. The first-order chi connectivity index (χ1) is 3.71. The fraction of sp³-hybridized carbons (Fsp3) is 0. The molecule has 0 aliphatic rings. The van der Waals surface area contributed by atoms with Gasteiger partial charge < -0.3 is 0 Å². The van der Waals surface area contributed by atoms with Crippen molar-refractivity contribution in [3.05, 3.63) is 0 Å². The molecule has 0 bridgehead atoms. The van der Waals surface area contributed by atoms with Gasteiger partial charge in [-0.15, -0.1) is 0 Å². The second kappa shape index (κ2) is 2.48. The van der Waals surface area contributed by atoms with Gasteiger partial charge in [-0.05, 0) is 0 Å². The van der Waals surface area contributed by atoms with E-state index in [4.69, 9.17) is 16.2 Å². The highest BCUT2D eigenvalue weighted by atomic mass is 31.3. The van der Waals surface area contributed by atoms with E-state index in [1.54, 1.807) is 0 Å². The maximum Gasteiger partial charge on any atom is 0.341 e. The smallest absolute Gasteiger partial charge is 0.267 e. The average Bonchev–Trinajstić information content (AvgIpc) is 1.14. The molecular weight excluding hydrogens is 164 g/mol. The second-order valence-electron chi connectivity index (χ2n) is 1.44. The lowest BCUT2D eigenvalue weighted by Crippen LogP contribution is -2.13. The molecule has 0 unspecified atom stereocenters. The van der Waals surface area contributed by atoms with Gasteiger partial charge >= 0.3 is 7.67 Å². The molecule has 0 aromatic heterocycles. The molecule has 0 atom stereocenters. The van der Waals surface area contributed by atoms with E-state index in [2.05, 4.69) is 15.3 Å². The Morgan fingerprint density at radius 1 is 1.22 bits per heavy atom. The lowest BCUT2D eigenvalue weighted by molar-refractivity contribution is 0.501. The summed E-state index contributed by atoms with van der Waals surface area (Å²) in [7, 11) is -6.98. The van der Waals surface area contributed by atoms with Crippen molar-refractivity contribution in [3.63, 3.8) is 0 Å². The van der Waals surface area contributed by atoms with Crippen molar-refractivity contribution in [1.82, 2.24) is 0 Å². The molecule has 0 radical (unpaired) electrons. The molecule has 0 spiro atoms. The number of nitrogens with one attached hydrogen (secondary N) is 1. The van der Waals surface area contributed by atoms with Gasteiger partial charge in [0.1, 0.15) is 0 Å². The summed E-state index contributed by atoms with van der Waals surface area (Å²) in [6, 6.07) is 0. The van der Waals surface area contributed by atoms with Crippen molar-refractivity contribution in [1.29, 1.82) is 5.16 Å². The van der Waals surface area contributed by atoms with E-state index in [-0.39, 0.29) is 0 Å². The van der Waals surface area contributed by atoms with Crippen LogP contribution in [0.25, 0.3) is 0 Å². The van der Waals surface area contributed by atoms with Crippen molar-refractivity contribution >= 4 is 15.3 Å². The lowest BCUT2D eigenvalue weighted by atomic mass is 13.9. The summed E-state index contributed by atoms with van der Waals surface area (Å²) in [4.78, 5) is 0. The van der Waals surface area contributed by atoms with Crippen LogP contribution in [0, 0.1) is 5.16 Å². The van der Waals surface area contributed by atoms with E-state index in [0.717, 1.165) is 0 Å². The molecule has 7 nitrogen and oxygen atoms in total.